The van der Waals surface area contributed by atoms with Crippen molar-refractivity contribution in [2.24, 2.45) is 0 Å². The Balaban J connectivity index is 4.04. The number of urea groups is 1. The van der Waals surface area contributed by atoms with Gasteiger partial charge in [-0.2, -0.15) is 0 Å². The summed E-state index contributed by atoms with van der Waals surface area (Å²) in [5.41, 5.74) is 0. The third-order valence-corrected chi connectivity index (χ3v) is 2.85. The standard InChI is InChI=1S/C9H16N2O6S/c1-6(5-18(2,16)17)10-9(15)11-7(12)3-4-8(13)14/h6H,3-5H2,1-2H3,(H,13,14)(H2,10,11,12,15). The van der Waals surface area contributed by atoms with Gasteiger partial charge in [0.25, 0.3) is 0 Å². The summed E-state index contributed by atoms with van der Waals surface area (Å²) in [6, 6.07) is -1.49. The van der Waals surface area contributed by atoms with Gasteiger partial charge in [-0.1, -0.05) is 0 Å². The summed E-state index contributed by atoms with van der Waals surface area (Å²) >= 11 is 0. The molecule has 104 valence electrons. The zero-order chi connectivity index (χ0) is 14.3. The second-order valence-corrected chi connectivity index (χ2v) is 6.09. The SMILES string of the molecule is CC(CS(C)(=O)=O)NC(=O)NC(=O)CCC(=O)O. The van der Waals surface area contributed by atoms with Crippen molar-refractivity contribution in [3.05, 3.63) is 0 Å². The molecule has 3 amide bonds. The summed E-state index contributed by atoms with van der Waals surface area (Å²) in [5, 5.41) is 12.5. The van der Waals surface area contributed by atoms with Crippen LogP contribution in [-0.4, -0.2) is 49.5 Å². The van der Waals surface area contributed by atoms with Crippen molar-refractivity contribution in [2.45, 2.75) is 25.8 Å². The number of carboxylic acid groups (broad SMARTS) is 1. The Morgan fingerprint density at radius 1 is 1.22 bits per heavy atom. The number of carbonyl (C=O) groups excluding carboxylic acids is 2. The zero-order valence-electron chi connectivity index (χ0n) is 10.1. The molecule has 8 nitrogen and oxygen atoms in total. The number of carbonyl (C=O) groups is 3. The Bertz CT molecular complexity index is 430. The second-order valence-electron chi connectivity index (χ2n) is 3.91. The van der Waals surface area contributed by atoms with E-state index in [1.54, 1.807) is 0 Å². The van der Waals surface area contributed by atoms with Crippen molar-refractivity contribution in [2.75, 3.05) is 12.0 Å². The Labute approximate surface area is 105 Å². The van der Waals surface area contributed by atoms with E-state index in [0.29, 0.717) is 0 Å². The van der Waals surface area contributed by atoms with E-state index in [2.05, 4.69) is 5.32 Å². The Kier molecular flexibility index (Phi) is 6.31. The van der Waals surface area contributed by atoms with Gasteiger partial charge in [0, 0.05) is 18.7 Å². The van der Waals surface area contributed by atoms with Gasteiger partial charge in [0.05, 0.1) is 12.2 Å². The van der Waals surface area contributed by atoms with Crippen molar-refractivity contribution < 1.29 is 27.9 Å². The number of imide groups is 1. The lowest BCUT2D eigenvalue weighted by molar-refractivity contribution is -0.138. The molecule has 3 N–H and O–H groups in total. The van der Waals surface area contributed by atoms with Crippen LogP contribution in [0.3, 0.4) is 0 Å². The monoisotopic (exact) mass is 280 g/mol. The number of nitrogens with one attached hydrogen (secondary N) is 2. The number of hydrogen-bond donors (Lipinski definition) is 3. The predicted octanol–water partition coefficient (Wildman–Crippen LogP) is -0.890. The summed E-state index contributed by atoms with van der Waals surface area (Å²) in [6.45, 7) is 1.47. The highest BCUT2D eigenvalue weighted by atomic mass is 32.2. The van der Waals surface area contributed by atoms with Gasteiger partial charge in [-0.15, -0.1) is 0 Å². The maximum Gasteiger partial charge on any atom is 0.321 e. The number of aliphatic carboxylic acids is 1. The first kappa shape index (κ1) is 16.4. The van der Waals surface area contributed by atoms with Crippen LogP contribution in [0.15, 0.2) is 0 Å². The molecule has 0 radical (unpaired) electrons. The molecule has 0 spiro atoms. The van der Waals surface area contributed by atoms with Gasteiger partial charge in [0.15, 0.2) is 0 Å². The van der Waals surface area contributed by atoms with Crippen LogP contribution in [-0.2, 0) is 19.4 Å². The van der Waals surface area contributed by atoms with Crippen molar-refractivity contribution in [3.63, 3.8) is 0 Å². The van der Waals surface area contributed by atoms with E-state index >= 15 is 0 Å². The Morgan fingerprint density at radius 2 is 1.78 bits per heavy atom. The number of rotatable bonds is 6. The lowest BCUT2D eigenvalue weighted by atomic mass is 10.3. The first-order valence-corrected chi connectivity index (χ1v) is 7.16. The molecule has 0 rings (SSSR count). The third kappa shape index (κ3) is 9.58. The van der Waals surface area contributed by atoms with Crippen LogP contribution in [0, 0.1) is 0 Å². The van der Waals surface area contributed by atoms with Crippen molar-refractivity contribution >= 4 is 27.7 Å². The number of amides is 3. The average Bonchev–Trinajstić information content (AvgIpc) is 2.10. The average molecular weight is 280 g/mol. The van der Waals surface area contributed by atoms with Gasteiger partial charge in [0.2, 0.25) is 5.91 Å². The molecule has 0 aromatic carbocycles. The maximum atomic E-state index is 11.2. The highest BCUT2D eigenvalue weighted by Gasteiger charge is 2.15. The van der Waals surface area contributed by atoms with E-state index in [1.807, 2.05) is 5.32 Å². The smallest absolute Gasteiger partial charge is 0.321 e. The van der Waals surface area contributed by atoms with E-state index in [1.165, 1.54) is 6.92 Å². The molecule has 0 bridgehead atoms. The molecule has 9 heteroatoms. The van der Waals surface area contributed by atoms with Crippen LogP contribution in [0.1, 0.15) is 19.8 Å². The van der Waals surface area contributed by atoms with Gasteiger partial charge in [-0.3, -0.25) is 14.9 Å². The second kappa shape index (κ2) is 6.94. The quantitative estimate of drug-likeness (QED) is 0.578. The molecule has 0 aliphatic heterocycles. The van der Waals surface area contributed by atoms with Crippen LogP contribution >= 0.6 is 0 Å². The van der Waals surface area contributed by atoms with E-state index < -0.39 is 33.8 Å². The minimum absolute atomic E-state index is 0.246. The van der Waals surface area contributed by atoms with Gasteiger partial charge in [-0.05, 0) is 6.92 Å². The first-order chi connectivity index (χ1) is 8.10. The molecule has 0 saturated carbocycles. The van der Waals surface area contributed by atoms with Crippen molar-refractivity contribution in [3.8, 4) is 0 Å². The first-order valence-electron chi connectivity index (χ1n) is 5.10. The van der Waals surface area contributed by atoms with Gasteiger partial charge in [0.1, 0.15) is 9.84 Å². The number of hydrogen-bond acceptors (Lipinski definition) is 5. The van der Waals surface area contributed by atoms with Gasteiger partial charge in [-0.25, -0.2) is 13.2 Å². The molecule has 0 aliphatic carbocycles. The Morgan fingerprint density at radius 3 is 2.22 bits per heavy atom. The van der Waals surface area contributed by atoms with Crippen molar-refractivity contribution in [1.29, 1.82) is 0 Å². The van der Waals surface area contributed by atoms with Crippen LogP contribution in [0.4, 0.5) is 4.79 Å². The summed E-state index contributed by atoms with van der Waals surface area (Å²) in [5.74, 6) is -2.12. The van der Waals surface area contributed by atoms with E-state index in [4.69, 9.17) is 5.11 Å². The highest BCUT2D eigenvalue weighted by molar-refractivity contribution is 7.90. The number of carboxylic acids is 1. The molecule has 0 aliphatic rings. The predicted molar refractivity (Wildman–Crippen MR) is 62.7 cm³/mol. The fraction of sp³-hybridized carbons (Fsp3) is 0.667. The number of sulfone groups is 1. The molecule has 0 fully saturated rings. The minimum Gasteiger partial charge on any atom is -0.481 e. The largest absolute Gasteiger partial charge is 0.481 e. The summed E-state index contributed by atoms with van der Waals surface area (Å²) < 4.78 is 21.8. The molecule has 18 heavy (non-hydrogen) atoms. The van der Waals surface area contributed by atoms with Crippen molar-refractivity contribution in [1.82, 2.24) is 10.6 Å². The molecule has 0 heterocycles. The maximum absolute atomic E-state index is 11.2. The summed E-state index contributed by atoms with van der Waals surface area (Å²) in [6.07, 6.45) is 0.336. The summed E-state index contributed by atoms with van der Waals surface area (Å²) in [4.78, 5) is 32.5. The Hall–Kier alpha value is -1.64. The normalized spacial score (nSPS) is 12.6. The molecular formula is C9H16N2O6S. The third-order valence-electron chi connectivity index (χ3n) is 1.75. The van der Waals surface area contributed by atoms with Crippen LogP contribution < -0.4 is 10.6 Å². The topological polar surface area (TPSA) is 130 Å². The van der Waals surface area contributed by atoms with Crippen LogP contribution in [0.25, 0.3) is 0 Å². The fourth-order valence-corrected chi connectivity index (χ4v) is 2.16. The van der Waals surface area contributed by atoms with E-state index in [-0.39, 0.29) is 18.6 Å². The molecule has 1 atom stereocenters. The molecule has 1 unspecified atom stereocenters. The molecule has 0 aromatic heterocycles. The van der Waals surface area contributed by atoms with Crippen LogP contribution in [0.2, 0.25) is 0 Å². The molecule has 0 aromatic rings. The van der Waals surface area contributed by atoms with E-state index in [0.717, 1.165) is 6.26 Å². The molecular weight excluding hydrogens is 264 g/mol. The fourth-order valence-electron chi connectivity index (χ4n) is 1.17. The lowest BCUT2D eigenvalue weighted by Gasteiger charge is -2.12. The van der Waals surface area contributed by atoms with E-state index in [9.17, 15) is 22.8 Å². The van der Waals surface area contributed by atoms with Gasteiger partial charge >= 0.3 is 12.0 Å². The summed E-state index contributed by atoms with van der Waals surface area (Å²) in [7, 11) is -3.22. The van der Waals surface area contributed by atoms with Gasteiger partial charge < -0.3 is 10.4 Å². The molecule has 0 saturated heterocycles. The van der Waals surface area contributed by atoms with Crippen LogP contribution in [0.5, 0.6) is 0 Å². The highest BCUT2D eigenvalue weighted by Crippen LogP contribution is 1.91. The minimum atomic E-state index is -3.22. The zero-order valence-corrected chi connectivity index (χ0v) is 10.9. The lowest BCUT2D eigenvalue weighted by Crippen LogP contribution is -2.45.